The van der Waals surface area contributed by atoms with Gasteiger partial charge in [0.15, 0.2) is 0 Å². The van der Waals surface area contributed by atoms with Crippen molar-refractivity contribution >= 4 is 38.9 Å². The maximum atomic E-state index is 12.7. The molecule has 2 heterocycles. The van der Waals surface area contributed by atoms with Crippen LogP contribution in [0.15, 0.2) is 42.5 Å². The monoisotopic (exact) mass is 424 g/mol. The van der Waals surface area contributed by atoms with Gasteiger partial charge in [0, 0.05) is 29.0 Å². The SMILES string of the molecule is CCOc1ccc(C(=O)Nc2ccc3sc(C(=O)N4CCOCC4)cc3c2)cc1C. The Morgan fingerprint density at radius 3 is 2.67 bits per heavy atom. The van der Waals surface area contributed by atoms with Crippen LogP contribution in [0.25, 0.3) is 10.1 Å². The quantitative estimate of drug-likeness (QED) is 0.662. The van der Waals surface area contributed by atoms with E-state index in [4.69, 9.17) is 9.47 Å². The van der Waals surface area contributed by atoms with Crippen molar-refractivity contribution < 1.29 is 19.1 Å². The van der Waals surface area contributed by atoms with Gasteiger partial charge in [-0.05, 0) is 67.3 Å². The molecular formula is C23H24N2O4S. The summed E-state index contributed by atoms with van der Waals surface area (Å²) in [7, 11) is 0. The van der Waals surface area contributed by atoms with Crippen molar-refractivity contribution in [1.82, 2.24) is 4.90 Å². The number of anilines is 1. The normalized spacial score (nSPS) is 14.0. The fourth-order valence-corrected chi connectivity index (χ4v) is 4.47. The van der Waals surface area contributed by atoms with Gasteiger partial charge in [0.2, 0.25) is 0 Å². The second-order valence-electron chi connectivity index (χ2n) is 7.14. The van der Waals surface area contributed by atoms with Gasteiger partial charge in [-0.15, -0.1) is 11.3 Å². The van der Waals surface area contributed by atoms with Gasteiger partial charge in [0.05, 0.1) is 24.7 Å². The molecule has 1 aliphatic rings. The first-order valence-electron chi connectivity index (χ1n) is 10.0. The number of morpholine rings is 1. The highest BCUT2D eigenvalue weighted by Crippen LogP contribution is 2.29. The summed E-state index contributed by atoms with van der Waals surface area (Å²) in [6.07, 6.45) is 0. The summed E-state index contributed by atoms with van der Waals surface area (Å²) in [5.41, 5.74) is 2.19. The number of thiophene rings is 1. The molecule has 3 aromatic rings. The first-order valence-corrected chi connectivity index (χ1v) is 10.8. The lowest BCUT2D eigenvalue weighted by Crippen LogP contribution is -2.40. The van der Waals surface area contributed by atoms with Crippen LogP contribution >= 0.6 is 11.3 Å². The van der Waals surface area contributed by atoms with Crippen LogP contribution in [0.4, 0.5) is 5.69 Å². The standard InChI is InChI=1S/C23H24N2O4S/c1-3-29-19-6-4-16(12-15(19)2)22(26)24-18-5-7-20-17(13-18)14-21(30-20)23(27)25-8-10-28-11-9-25/h4-7,12-14H,3,8-11H2,1-2H3,(H,24,26). The molecular weight excluding hydrogens is 400 g/mol. The van der Waals surface area contributed by atoms with Crippen molar-refractivity contribution in [2.24, 2.45) is 0 Å². The molecule has 1 aromatic heterocycles. The summed E-state index contributed by atoms with van der Waals surface area (Å²) in [6, 6.07) is 13.0. The molecule has 1 aliphatic heterocycles. The van der Waals surface area contributed by atoms with Crippen molar-refractivity contribution in [1.29, 1.82) is 0 Å². The van der Waals surface area contributed by atoms with E-state index in [2.05, 4.69) is 5.32 Å². The molecule has 7 heteroatoms. The molecule has 0 atom stereocenters. The molecule has 2 amide bonds. The molecule has 4 rings (SSSR count). The van der Waals surface area contributed by atoms with Crippen molar-refractivity contribution in [3.63, 3.8) is 0 Å². The van der Waals surface area contributed by atoms with Crippen LogP contribution in [0.5, 0.6) is 5.75 Å². The minimum absolute atomic E-state index is 0.0370. The van der Waals surface area contributed by atoms with Crippen LogP contribution in [-0.2, 0) is 4.74 Å². The van der Waals surface area contributed by atoms with Gasteiger partial charge in [-0.3, -0.25) is 9.59 Å². The number of amides is 2. The fraction of sp³-hybridized carbons (Fsp3) is 0.304. The van der Waals surface area contributed by atoms with Crippen LogP contribution in [0.1, 0.15) is 32.5 Å². The van der Waals surface area contributed by atoms with Crippen molar-refractivity contribution in [3.05, 3.63) is 58.5 Å². The van der Waals surface area contributed by atoms with Crippen LogP contribution in [0.3, 0.4) is 0 Å². The van der Waals surface area contributed by atoms with Crippen molar-refractivity contribution in [2.75, 3.05) is 38.2 Å². The largest absolute Gasteiger partial charge is 0.494 e. The summed E-state index contributed by atoms with van der Waals surface area (Å²) >= 11 is 1.47. The summed E-state index contributed by atoms with van der Waals surface area (Å²) in [5.74, 6) is 0.640. The predicted octanol–water partition coefficient (Wildman–Crippen LogP) is 4.33. The lowest BCUT2D eigenvalue weighted by atomic mass is 10.1. The van der Waals surface area contributed by atoms with Crippen LogP contribution < -0.4 is 10.1 Å². The van der Waals surface area contributed by atoms with Crippen molar-refractivity contribution in [2.45, 2.75) is 13.8 Å². The third kappa shape index (κ3) is 4.32. The Balaban J connectivity index is 1.50. The highest BCUT2D eigenvalue weighted by atomic mass is 32.1. The molecule has 0 bridgehead atoms. The minimum Gasteiger partial charge on any atom is -0.494 e. The smallest absolute Gasteiger partial charge is 0.264 e. The first kappa shape index (κ1) is 20.4. The van der Waals surface area contributed by atoms with Crippen LogP contribution in [0.2, 0.25) is 0 Å². The minimum atomic E-state index is -0.180. The molecule has 0 radical (unpaired) electrons. The number of rotatable bonds is 5. The van der Waals surface area contributed by atoms with E-state index in [0.717, 1.165) is 21.4 Å². The lowest BCUT2D eigenvalue weighted by Gasteiger charge is -2.26. The number of ether oxygens (including phenoxy) is 2. The fourth-order valence-electron chi connectivity index (χ4n) is 3.46. The van der Waals surface area contributed by atoms with E-state index in [1.807, 2.05) is 55.1 Å². The van der Waals surface area contributed by atoms with Gasteiger partial charge >= 0.3 is 0 Å². The van der Waals surface area contributed by atoms with Gasteiger partial charge in [0.25, 0.3) is 11.8 Å². The average Bonchev–Trinajstić information content (AvgIpc) is 3.18. The molecule has 156 valence electrons. The Hall–Kier alpha value is -2.90. The van der Waals surface area contributed by atoms with E-state index in [-0.39, 0.29) is 11.8 Å². The number of aryl methyl sites for hydroxylation is 1. The topological polar surface area (TPSA) is 67.9 Å². The number of nitrogens with one attached hydrogen (secondary N) is 1. The Bertz CT molecular complexity index is 1090. The third-order valence-electron chi connectivity index (χ3n) is 5.02. The van der Waals surface area contributed by atoms with E-state index in [9.17, 15) is 9.59 Å². The van der Waals surface area contributed by atoms with Gasteiger partial charge in [-0.25, -0.2) is 0 Å². The average molecular weight is 425 g/mol. The predicted molar refractivity (Wildman–Crippen MR) is 119 cm³/mol. The molecule has 1 saturated heterocycles. The highest BCUT2D eigenvalue weighted by Gasteiger charge is 2.20. The lowest BCUT2D eigenvalue weighted by molar-refractivity contribution is 0.0306. The Morgan fingerprint density at radius 1 is 1.13 bits per heavy atom. The molecule has 30 heavy (non-hydrogen) atoms. The summed E-state index contributed by atoms with van der Waals surface area (Å²) < 4.78 is 11.9. The second-order valence-corrected chi connectivity index (χ2v) is 8.22. The second kappa shape index (κ2) is 8.85. The maximum absolute atomic E-state index is 12.7. The molecule has 2 aromatic carbocycles. The van der Waals surface area contributed by atoms with E-state index >= 15 is 0 Å². The van der Waals surface area contributed by atoms with Crippen LogP contribution in [0, 0.1) is 6.92 Å². The molecule has 0 saturated carbocycles. The van der Waals surface area contributed by atoms with Gasteiger partial charge < -0.3 is 19.7 Å². The van der Waals surface area contributed by atoms with E-state index in [1.165, 1.54) is 11.3 Å². The van der Waals surface area contributed by atoms with Gasteiger partial charge in [-0.2, -0.15) is 0 Å². The Morgan fingerprint density at radius 2 is 1.93 bits per heavy atom. The zero-order valence-electron chi connectivity index (χ0n) is 17.1. The summed E-state index contributed by atoms with van der Waals surface area (Å²) in [4.78, 5) is 27.9. The Kier molecular flexibility index (Phi) is 6.01. The van der Waals surface area contributed by atoms with Gasteiger partial charge in [-0.1, -0.05) is 0 Å². The highest BCUT2D eigenvalue weighted by molar-refractivity contribution is 7.20. The molecule has 1 N–H and O–H groups in total. The molecule has 0 unspecified atom stereocenters. The van der Waals surface area contributed by atoms with Gasteiger partial charge in [0.1, 0.15) is 5.75 Å². The zero-order valence-corrected chi connectivity index (χ0v) is 17.9. The first-order chi connectivity index (χ1) is 14.5. The summed E-state index contributed by atoms with van der Waals surface area (Å²) in [6.45, 7) is 6.84. The molecule has 0 spiro atoms. The molecule has 6 nitrogen and oxygen atoms in total. The van der Waals surface area contributed by atoms with Crippen molar-refractivity contribution in [3.8, 4) is 5.75 Å². The van der Waals surface area contributed by atoms with E-state index in [1.54, 1.807) is 6.07 Å². The third-order valence-corrected chi connectivity index (χ3v) is 6.12. The maximum Gasteiger partial charge on any atom is 0.264 e. The van der Waals surface area contributed by atoms with E-state index in [0.29, 0.717) is 49.0 Å². The number of nitrogens with zero attached hydrogens (tertiary/aromatic N) is 1. The number of carbonyl (C=O) groups is 2. The van der Waals surface area contributed by atoms with Crippen LogP contribution in [-0.4, -0.2) is 49.6 Å². The number of fused-ring (bicyclic) bond motifs is 1. The molecule has 0 aliphatic carbocycles. The number of benzene rings is 2. The zero-order chi connectivity index (χ0) is 21.1. The number of hydrogen-bond donors (Lipinski definition) is 1. The van der Waals surface area contributed by atoms with E-state index < -0.39 is 0 Å². The summed E-state index contributed by atoms with van der Waals surface area (Å²) in [5, 5.41) is 3.89. The molecule has 1 fully saturated rings. The number of hydrogen-bond acceptors (Lipinski definition) is 5. The Labute approximate surface area is 179 Å². The number of carbonyl (C=O) groups excluding carboxylic acids is 2.